The molecule has 0 spiro atoms. The third-order valence-electron chi connectivity index (χ3n) is 5.38. The van der Waals surface area contributed by atoms with Crippen LogP contribution < -0.4 is 5.56 Å². The Morgan fingerprint density at radius 1 is 1.03 bits per heavy atom. The summed E-state index contributed by atoms with van der Waals surface area (Å²) in [5, 5.41) is 1.96. The molecular weight excluding hydrogens is 416 g/mol. The maximum Gasteiger partial charge on any atom is 0.282 e. The van der Waals surface area contributed by atoms with Crippen molar-refractivity contribution in [2.75, 3.05) is 5.75 Å². The van der Waals surface area contributed by atoms with E-state index in [0.29, 0.717) is 5.25 Å². The Hall–Kier alpha value is -2.02. The largest absolute Gasteiger partial charge is 0.303 e. The van der Waals surface area contributed by atoms with Gasteiger partial charge in [-0.05, 0) is 37.1 Å². The second-order valence-electron chi connectivity index (χ2n) is 7.17. The number of fused-ring (bicyclic) bond motifs is 3. The zero-order chi connectivity index (χ0) is 20.0. The lowest BCUT2D eigenvalue weighted by atomic mass is 10.0. The minimum atomic E-state index is -0.0958. The van der Waals surface area contributed by atoms with Gasteiger partial charge in [-0.25, -0.2) is 0 Å². The Balaban J connectivity index is 1.73. The summed E-state index contributed by atoms with van der Waals surface area (Å²) in [5.74, 6) is 0.917. The molecule has 146 valence electrons. The summed E-state index contributed by atoms with van der Waals surface area (Å²) in [5.41, 5.74) is 2.23. The Morgan fingerprint density at radius 2 is 1.72 bits per heavy atom. The van der Waals surface area contributed by atoms with Crippen LogP contribution in [0, 0.1) is 13.8 Å². The smallest absolute Gasteiger partial charge is 0.282 e. The zero-order valence-corrected chi connectivity index (χ0v) is 18.6. The molecule has 1 aliphatic rings. The Morgan fingerprint density at radius 3 is 2.45 bits per heavy atom. The highest BCUT2D eigenvalue weighted by Crippen LogP contribution is 2.45. The standard InChI is InChI=1S/C23H20N2OS3/c1-14-15(2)28-22-19(14)21(26)24-23-25(22)20(16-9-5-3-6-10-16)18(13-27-23)29-17-11-7-4-8-12-17/h3-12,18,20H,13H2,1-2H3. The van der Waals surface area contributed by atoms with Gasteiger partial charge in [-0.15, -0.1) is 23.1 Å². The number of benzene rings is 2. The molecule has 0 bridgehead atoms. The van der Waals surface area contributed by atoms with E-state index < -0.39 is 0 Å². The van der Waals surface area contributed by atoms with Crippen LogP contribution in [0.4, 0.5) is 0 Å². The summed E-state index contributed by atoms with van der Waals surface area (Å²) in [6, 6.07) is 21.3. The van der Waals surface area contributed by atoms with Crippen molar-refractivity contribution in [3.05, 3.63) is 87.0 Å². The number of nitrogens with zero attached hydrogens (tertiary/aromatic N) is 2. The van der Waals surface area contributed by atoms with Crippen molar-refractivity contribution >= 4 is 45.1 Å². The predicted octanol–water partition coefficient (Wildman–Crippen LogP) is 5.93. The van der Waals surface area contributed by atoms with E-state index in [2.05, 4.69) is 77.1 Å². The van der Waals surface area contributed by atoms with Crippen molar-refractivity contribution in [1.29, 1.82) is 0 Å². The Kier molecular flexibility index (Phi) is 5.02. The topological polar surface area (TPSA) is 34.9 Å². The second kappa shape index (κ2) is 7.67. The maximum atomic E-state index is 12.8. The molecule has 2 aromatic carbocycles. The van der Waals surface area contributed by atoms with Gasteiger partial charge >= 0.3 is 0 Å². The minimum Gasteiger partial charge on any atom is -0.303 e. The lowest BCUT2D eigenvalue weighted by Gasteiger charge is -2.35. The van der Waals surface area contributed by atoms with Crippen LogP contribution in [0.2, 0.25) is 0 Å². The van der Waals surface area contributed by atoms with E-state index in [0.717, 1.165) is 26.7 Å². The first kappa shape index (κ1) is 19.0. The highest BCUT2D eigenvalue weighted by molar-refractivity contribution is 8.03. The van der Waals surface area contributed by atoms with Crippen molar-refractivity contribution in [3.8, 4) is 0 Å². The molecule has 2 aromatic heterocycles. The third-order valence-corrected chi connectivity index (χ3v) is 9.14. The van der Waals surface area contributed by atoms with E-state index in [1.165, 1.54) is 15.3 Å². The van der Waals surface area contributed by atoms with E-state index in [-0.39, 0.29) is 11.6 Å². The van der Waals surface area contributed by atoms with Gasteiger partial charge in [-0.2, -0.15) is 4.98 Å². The molecule has 5 rings (SSSR count). The van der Waals surface area contributed by atoms with Crippen molar-refractivity contribution in [2.45, 2.75) is 35.2 Å². The van der Waals surface area contributed by atoms with Gasteiger partial charge in [-0.1, -0.05) is 60.3 Å². The number of rotatable bonds is 3. The molecular formula is C23H20N2OS3. The van der Waals surface area contributed by atoms with Gasteiger partial charge in [0.2, 0.25) is 0 Å². The normalized spacial score (nSPS) is 18.7. The summed E-state index contributed by atoms with van der Waals surface area (Å²) in [6.07, 6.45) is 0. The molecule has 4 aromatic rings. The molecule has 1 aliphatic heterocycles. The van der Waals surface area contributed by atoms with Gasteiger partial charge in [0.15, 0.2) is 5.16 Å². The molecule has 0 aliphatic carbocycles. The molecule has 0 saturated carbocycles. The van der Waals surface area contributed by atoms with Crippen molar-refractivity contribution in [2.24, 2.45) is 0 Å². The third kappa shape index (κ3) is 3.33. The van der Waals surface area contributed by atoms with Gasteiger partial charge in [-0.3, -0.25) is 4.79 Å². The first-order chi connectivity index (χ1) is 14.1. The fraction of sp³-hybridized carbons (Fsp3) is 0.217. The van der Waals surface area contributed by atoms with E-state index in [1.54, 1.807) is 23.1 Å². The molecule has 29 heavy (non-hydrogen) atoms. The average molecular weight is 437 g/mol. The van der Waals surface area contributed by atoms with Crippen LogP contribution in [-0.4, -0.2) is 20.6 Å². The van der Waals surface area contributed by atoms with Crippen LogP contribution in [0.5, 0.6) is 0 Å². The second-order valence-corrected chi connectivity index (χ2v) is 10.7. The van der Waals surface area contributed by atoms with E-state index in [4.69, 9.17) is 0 Å². The summed E-state index contributed by atoms with van der Waals surface area (Å²) >= 11 is 5.32. The lowest BCUT2D eigenvalue weighted by Crippen LogP contribution is -2.32. The van der Waals surface area contributed by atoms with Crippen LogP contribution in [0.15, 0.2) is 75.5 Å². The van der Waals surface area contributed by atoms with E-state index in [1.807, 2.05) is 18.7 Å². The summed E-state index contributed by atoms with van der Waals surface area (Å²) in [6.45, 7) is 4.13. The lowest BCUT2D eigenvalue weighted by molar-refractivity contribution is 0.526. The molecule has 0 saturated heterocycles. The Labute approximate surface area is 182 Å². The summed E-state index contributed by atoms with van der Waals surface area (Å²) in [4.78, 5) is 20.8. The fourth-order valence-corrected chi connectivity index (χ4v) is 7.64. The van der Waals surface area contributed by atoms with Crippen molar-refractivity contribution in [3.63, 3.8) is 0 Å². The highest BCUT2D eigenvalue weighted by atomic mass is 32.2. The molecule has 0 N–H and O–H groups in total. The number of thiophene rings is 1. The molecule has 2 atom stereocenters. The van der Waals surface area contributed by atoms with Crippen LogP contribution >= 0.6 is 34.9 Å². The SMILES string of the molecule is Cc1sc2c(c1C)c(=O)nc1n2C(c2ccccc2)C(Sc2ccccc2)CS1. The first-order valence-corrected chi connectivity index (χ1v) is 12.2. The van der Waals surface area contributed by atoms with Gasteiger partial charge in [0.05, 0.1) is 11.4 Å². The van der Waals surface area contributed by atoms with Gasteiger partial charge in [0, 0.05) is 20.8 Å². The molecule has 3 heterocycles. The van der Waals surface area contributed by atoms with Gasteiger partial charge in [0.1, 0.15) is 4.83 Å². The predicted molar refractivity (Wildman–Crippen MR) is 125 cm³/mol. The zero-order valence-electron chi connectivity index (χ0n) is 16.2. The molecule has 0 radical (unpaired) electrons. The summed E-state index contributed by atoms with van der Waals surface area (Å²) < 4.78 is 2.32. The highest BCUT2D eigenvalue weighted by Gasteiger charge is 2.34. The number of thioether (sulfide) groups is 2. The molecule has 3 nitrogen and oxygen atoms in total. The van der Waals surface area contributed by atoms with Crippen LogP contribution in [-0.2, 0) is 0 Å². The number of hydrogen-bond donors (Lipinski definition) is 0. The molecule has 6 heteroatoms. The average Bonchev–Trinajstić information content (AvgIpc) is 3.05. The van der Waals surface area contributed by atoms with E-state index >= 15 is 0 Å². The molecule has 2 unspecified atom stereocenters. The number of aryl methyl sites for hydroxylation is 2. The minimum absolute atomic E-state index is 0.0958. The van der Waals surface area contributed by atoms with Gasteiger partial charge < -0.3 is 4.57 Å². The monoisotopic (exact) mass is 436 g/mol. The molecule has 0 amide bonds. The number of aromatic nitrogens is 2. The first-order valence-electron chi connectivity index (χ1n) is 9.55. The van der Waals surface area contributed by atoms with Crippen LogP contribution in [0.25, 0.3) is 10.2 Å². The Bertz CT molecular complexity index is 1230. The van der Waals surface area contributed by atoms with Crippen molar-refractivity contribution in [1.82, 2.24) is 9.55 Å². The van der Waals surface area contributed by atoms with Crippen LogP contribution in [0.3, 0.4) is 0 Å². The fourth-order valence-electron chi connectivity index (χ4n) is 3.86. The van der Waals surface area contributed by atoms with Crippen molar-refractivity contribution < 1.29 is 0 Å². The number of hydrogen-bond acceptors (Lipinski definition) is 5. The van der Waals surface area contributed by atoms with E-state index in [9.17, 15) is 4.79 Å². The summed E-state index contributed by atoms with van der Waals surface area (Å²) in [7, 11) is 0. The molecule has 0 fully saturated rings. The van der Waals surface area contributed by atoms with Crippen LogP contribution in [0.1, 0.15) is 22.0 Å². The van der Waals surface area contributed by atoms with Gasteiger partial charge in [0.25, 0.3) is 5.56 Å². The quantitative estimate of drug-likeness (QED) is 0.373. The maximum absolute atomic E-state index is 12.8.